The van der Waals surface area contributed by atoms with Crippen molar-refractivity contribution in [2.24, 2.45) is 4.99 Å². The van der Waals surface area contributed by atoms with Gasteiger partial charge in [-0.3, -0.25) is 9.79 Å². The van der Waals surface area contributed by atoms with Crippen LogP contribution in [0.15, 0.2) is 64.5 Å². The van der Waals surface area contributed by atoms with Crippen LogP contribution in [0.1, 0.15) is 38.7 Å². The molecule has 0 saturated carbocycles. The number of pyridine rings is 1. The number of rotatable bonds is 10. The number of nitrogens with one attached hydrogen (secondary N) is 2. The molecule has 2 N–H and O–H groups in total. The van der Waals surface area contributed by atoms with Crippen LogP contribution in [0.2, 0.25) is 0 Å². The molecule has 1 atom stereocenters. The van der Waals surface area contributed by atoms with E-state index in [-0.39, 0.29) is 5.56 Å². The van der Waals surface area contributed by atoms with Crippen molar-refractivity contribution < 1.29 is 0 Å². The number of aryl methyl sites for hydroxylation is 2. The summed E-state index contributed by atoms with van der Waals surface area (Å²) in [5.74, 6) is 0.870. The number of aromatic nitrogens is 1. The van der Waals surface area contributed by atoms with Gasteiger partial charge in [0.2, 0.25) is 5.56 Å². The Morgan fingerprint density at radius 2 is 1.89 bits per heavy atom. The summed E-state index contributed by atoms with van der Waals surface area (Å²) in [4.78, 5) is 16.3. The summed E-state index contributed by atoms with van der Waals surface area (Å²) in [6, 6.07) is 16.2. The molecule has 0 radical (unpaired) electrons. The van der Waals surface area contributed by atoms with Gasteiger partial charge < -0.3 is 15.2 Å². The van der Waals surface area contributed by atoms with E-state index in [2.05, 4.69) is 59.8 Å². The molecule has 0 bridgehead atoms. The maximum Gasteiger partial charge on any atom is 0.250 e. The number of guanidine groups is 1. The first-order valence-electron chi connectivity index (χ1n) is 9.93. The minimum absolute atomic E-state index is 0.0586. The molecule has 146 valence electrons. The molecule has 0 aliphatic heterocycles. The van der Waals surface area contributed by atoms with Crippen molar-refractivity contribution in [3.8, 4) is 0 Å². The maximum absolute atomic E-state index is 11.7. The average molecular weight is 369 g/mol. The van der Waals surface area contributed by atoms with Crippen molar-refractivity contribution in [2.45, 2.75) is 52.1 Å². The highest BCUT2D eigenvalue weighted by Gasteiger charge is 2.05. The van der Waals surface area contributed by atoms with Gasteiger partial charge in [0, 0.05) is 37.9 Å². The minimum atomic E-state index is 0.0586. The first-order chi connectivity index (χ1) is 13.2. The van der Waals surface area contributed by atoms with Crippen LogP contribution in [0.25, 0.3) is 0 Å². The van der Waals surface area contributed by atoms with Crippen LogP contribution in [-0.4, -0.2) is 29.7 Å². The lowest BCUT2D eigenvalue weighted by atomic mass is 10.1. The molecule has 1 aromatic heterocycles. The Labute approximate surface area is 162 Å². The van der Waals surface area contributed by atoms with Gasteiger partial charge in [-0.2, -0.15) is 0 Å². The molecule has 0 fully saturated rings. The van der Waals surface area contributed by atoms with Crippen LogP contribution in [0.5, 0.6) is 0 Å². The quantitative estimate of drug-likeness (QED) is 0.385. The van der Waals surface area contributed by atoms with Crippen molar-refractivity contribution in [3.63, 3.8) is 0 Å². The number of aliphatic imine (C=N–C) groups is 1. The van der Waals surface area contributed by atoms with Crippen LogP contribution < -0.4 is 16.2 Å². The van der Waals surface area contributed by atoms with Crippen molar-refractivity contribution in [1.29, 1.82) is 0 Å². The molecule has 2 rings (SSSR count). The Bertz CT molecular complexity index is 739. The zero-order valence-corrected chi connectivity index (χ0v) is 16.5. The second-order valence-electron chi connectivity index (χ2n) is 6.77. The normalized spacial score (nSPS) is 12.6. The Kier molecular flexibility index (Phi) is 9.18. The molecular weight excluding hydrogens is 336 g/mol. The van der Waals surface area contributed by atoms with Gasteiger partial charge in [-0.25, -0.2) is 0 Å². The molecule has 0 aliphatic carbocycles. The van der Waals surface area contributed by atoms with Gasteiger partial charge >= 0.3 is 0 Å². The van der Waals surface area contributed by atoms with E-state index < -0.39 is 0 Å². The molecule has 5 heteroatoms. The molecule has 27 heavy (non-hydrogen) atoms. The SMILES string of the molecule is CCNC(=NCCCCn1ccccc1=O)NC(C)CCc1ccccc1. The number of hydrogen-bond donors (Lipinski definition) is 2. The highest BCUT2D eigenvalue weighted by atomic mass is 16.1. The van der Waals surface area contributed by atoms with Crippen LogP contribution in [0.3, 0.4) is 0 Å². The zero-order chi connectivity index (χ0) is 19.3. The van der Waals surface area contributed by atoms with E-state index >= 15 is 0 Å². The predicted octanol–water partition coefficient (Wildman–Crippen LogP) is 3.20. The van der Waals surface area contributed by atoms with E-state index in [1.807, 2.05) is 12.3 Å². The summed E-state index contributed by atoms with van der Waals surface area (Å²) in [5, 5.41) is 6.80. The van der Waals surface area contributed by atoms with E-state index in [1.165, 1.54) is 5.56 Å². The number of benzene rings is 1. The van der Waals surface area contributed by atoms with Gasteiger partial charge in [0.1, 0.15) is 0 Å². The highest BCUT2D eigenvalue weighted by molar-refractivity contribution is 5.80. The Balaban J connectivity index is 1.72. The summed E-state index contributed by atoms with van der Waals surface area (Å²) in [5.41, 5.74) is 1.42. The van der Waals surface area contributed by atoms with Crippen LogP contribution >= 0.6 is 0 Å². The third kappa shape index (κ3) is 8.11. The van der Waals surface area contributed by atoms with Crippen molar-refractivity contribution >= 4 is 5.96 Å². The van der Waals surface area contributed by atoms with Gasteiger partial charge in [0.05, 0.1) is 0 Å². The average Bonchev–Trinajstić information content (AvgIpc) is 2.68. The summed E-state index contributed by atoms with van der Waals surface area (Å²) in [6.07, 6.45) is 5.85. The second-order valence-corrected chi connectivity index (χ2v) is 6.77. The van der Waals surface area contributed by atoms with Gasteiger partial charge in [-0.1, -0.05) is 36.4 Å². The van der Waals surface area contributed by atoms with Crippen molar-refractivity contribution in [1.82, 2.24) is 15.2 Å². The molecule has 0 saturated heterocycles. The van der Waals surface area contributed by atoms with Crippen LogP contribution in [0.4, 0.5) is 0 Å². The lowest BCUT2D eigenvalue weighted by Gasteiger charge is -2.18. The summed E-state index contributed by atoms with van der Waals surface area (Å²) in [6.45, 7) is 6.61. The fourth-order valence-corrected chi connectivity index (χ4v) is 2.88. The Morgan fingerprint density at radius 1 is 1.11 bits per heavy atom. The van der Waals surface area contributed by atoms with E-state index in [0.29, 0.717) is 6.04 Å². The fraction of sp³-hybridized carbons (Fsp3) is 0.455. The molecule has 1 unspecified atom stereocenters. The third-order valence-electron chi connectivity index (χ3n) is 4.41. The predicted molar refractivity (Wildman–Crippen MR) is 113 cm³/mol. The van der Waals surface area contributed by atoms with Gasteiger partial charge in [-0.05, 0) is 51.2 Å². The number of unbranched alkanes of at least 4 members (excludes halogenated alkanes) is 1. The van der Waals surface area contributed by atoms with Crippen molar-refractivity contribution in [2.75, 3.05) is 13.1 Å². The molecule has 0 spiro atoms. The van der Waals surface area contributed by atoms with E-state index in [1.54, 1.807) is 16.7 Å². The molecule has 0 amide bonds. The molecule has 1 aromatic carbocycles. The zero-order valence-electron chi connectivity index (χ0n) is 16.5. The number of nitrogens with zero attached hydrogens (tertiary/aromatic N) is 2. The first kappa shape index (κ1) is 20.7. The lowest BCUT2D eigenvalue weighted by molar-refractivity contribution is 0.583. The smallest absolute Gasteiger partial charge is 0.250 e. The number of hydrogen-bond acceptors (Lipinski definition) is 2. The third-order valence-corrected chi connectivity index (χ3v) is 4.41. The topological polar surface area (TPSA) is 58.4 Å². The fourth-order valence-electron chi connectivity index (χ4n) is 2.88. The monoisotopic (exact) mass is 368 g/mol. The van der Waals surface area contributed by atoms with E-state index in [0.717, 1.165) is 51.3 Å². The molecule has 0 aliphatic rings. The summed E-state index contributed by atoms with van der Waals surface area (Å²) >= 11 is 0. The Hall–Kier alpha value is -2.56. The van der Waals surface area contributed by atoms with Crippen molar-refractivity contribution in [3.05, 3.63) is 70.6 Å². The highest BCUT2D eigenvalue weighted by Crippen LogP contribution is 2.04. The first-order valence-corrected chi connectivity index (χ1v) is 9.93. The van der Waals surface area contributed by atoms with Crippen LogP contribution in [0, 0.1) is 0 Å². The van der Waals surface area contributed by atoms with Gasteiger partial charge in [-0.15, -0.1) is 0 Å². The molecule has 5 nitrogen and oxygen atoms in total. The Morgan fingerprint density at radius 3 is 2.63 bits per heavy atom. The van der Waals surface area contributed by atoms with Gasteiger partial charge in [0.15, 0.2) is 5.96 Å². The molecular formula is C22H32N4O. The lowest BCUT2D eigenvalue weighted by Crippen LogP contribution is -2.42. The largest absolute Gasteiger partial charge is 0.357 e. The summed E-state index contributed by atoms with van der Waals surface area (Å²) in [7, 11) is 0. The second kappa shape index (κ2) is 11.9. The standard InChI is InChI=1S/C22H32N4O/c1-3-23-22(25-19(2)14-15-20-11-5-4-6-12-20)24-16-8-10-18-26-17-9-7-13-21(26)27/h4-7,9,11-13,17,19H,3,8,10,14-16,18H2,1-2H3,(H2,23,24,25). The molecule has 1 heterocycles. The van der Waals surface area contributed by atoms with E-state index in [9.17, 15) is 4.79 Å². The summed E-state index contributed by atoms with van der Waals surface area (Å²) < 4.78 is 1.75. The van der Waals surface area contributed by atoms with Gasteiger partial charge in [0.25, 0.3) is 0 Å². The van der Waals surface area contributed by atoms with E-state index in [4.69, 9.17) is 0 Å². The molecule has 2 aromatic rings. The minimum Gasteiger partial charge on any atom is -0.357 e. The maximum atomic E-state index is 11.7. The van der Waals surface area contributed by atoms with Crippen LogP contribution in [-0.2, 0) is 13.0 Å².